The molecule has 1 aromatic rings. The van der Waals surface area contributed by atoms with Crippen LogP contribution in [0.2, 0.25) is 0 Å². The van der Waals surface area contributed by atoms with E-state index >= 15 is 0 Å². The molecule has 0 bridgehead atoms. The van der Waals surface area contributed by atoms with E-state index in [0.29, 0.717) is 0 Å². The van der Waals surface area contributed by atoms with Gasteiger partial charge in [0.1, 0.15) is 6.10 Å². The van der Waals surface area contributed by atoms with Crippen LogP contribution in [-0.4, -0.2) is 0 Å². The quantitative estimate of drug-likeness (QED) is 0.607. The van der Waals surface area contributed by atoms with E-state index in [1.807, 2.05) is 30.3 Å². The molecule has 0 fully saturated rings. The molecule has 0 aliphatic carbocycles. The van der Waals surface area contributed by atoms with Crippen LogP contribution in [0.15, 0.2) is 36.9 Å². The molecule has 0 saturated carbocycles. The van der Waals surface area contributed by atoms with Gasteiger partial charge in [0.25, 0.3) is 0 Å². The molecule has 0 amide bonds. The van der Waals surface area contributed by atoms with Crippen molar-refractivity contribution in [3.63, 3.8) is 0 Å². The van der Waals surface area contributed by atoms with E-state index in [-0.39, 0.29) is 0 Å². The van der Waals surface area contributed by atoms with Crippen LogP contribution in [0.3, 0.4) is 0 Å². The molecule has 1 heteroatoms. The Kier molecular flexibility index (Phi) is 3.06. The van der Waals surface area contributed by atoms with Crippen LogP contribution in [0.5, 0.6) is 0 Å². The summed E-state index contributed by atoms with van der Waals surface area (Å²) in [5.74, 6) is 0. The molecule has 0 spiro atoms. The Labute approximate surface area is 73.4 Å². The summed E-state index contributed by atoms with van der Waals surface area (Å²) < 4.78 is 0. The molecule has 1 nitrogen and oxygen atoms in total. The lowest BCUT2D eigenvalue weighted by Gasteiger charge is -2.07. The largest absolute Gasteiger partial charge is 0.228 e. The van der Waals surface area contributed by atoms with Crippen LogP contribution >= 0.6 is 0 Å². The predicted molar refractivity (Wildman–Crippen MR) is 49.4 cm³/mol. The lowest BCUT2D eigenvalue weighted by atomic mass is 10.0. The van der Waals surface area contributed by atoms with Crippen molar-refractivity contribution >= 4 is 0 Å². The average Bonchev–Trinajstić information content (AvgIpc) is 2.05. The maximum atomic E-state index is 11.2. The fraction of sp³-hybridized carbons (Fsp3) is 0.273. The van der Waals surface area contributed by atoms with E-state index in [2.05, 4.69) is 6.58 Å². The van der Waals surface area contributed by atoms with Crippen molar-refractivity contribution in [2.45, 2.75) is 19.4 Å². The zero-order chi connectivity index (χ0) is 8.97. The number of rotatable bonds is 3. The summed E-state index contributed by atoms with van der Waals surface area (Å²) in [5.41, 5.74) is 1.98. The van der Waals surface area contributed by atoms with E-state index in [0.717, 1.165) is 17.5 Å². The molecule has 63 valence electrons. The van der Waals surface area contributed by atoms with Crippen LogP contribution in [0.25, 0.3) is 0 Å². The number of hydrogen-bond donors (Lipinski definition) is 0. The zero-order valence-corrected chi connectivity index (χ0v) is 7.29. The molecule has 1 rings (SSSR count). The molecule has 1 aromatic carbocycles. The summed E-state index contributed by atoms with van der Waals surface area (Å²) in [6.07, 6.45) is 1.96. The topological polar surface area (TPSA) is 19.9 Å². The van der Waals surface area contributed by atoms with Gasteiger partial charge >= 0.3 is 0 Å². The summed E-state index contributed by atoms with van der Waals surface area (Å²) in [6, 6.07) is 7.71. The molecule has 0 heterocycles. The molecule has 1 radical (unpaired) electrons. The number of benzene rings is 1. The zero-order valence-electron chi connectivity index (χ0n) is 7.29. The highest BCUT2D eigenvalue weighted by molar-refractivity contribution is 5.30. The second-order valence-electron chi connectivity index (χ2n) is 2.83. The molecule has 1 unspecified atom stereocenters. The maximum absolute atomic E-state index is 11.2. The molecule has 0 aromatic heterocycles. The SMILES string of the molecule is C=CCc1ccccc1C(C)[O]. The Bertz CT molecular complexity index is 263. The van der Waals surface area contributed by atoms with Crippen LogP contribution in [0, 0.1) is 0 Å². The minimum Gasteiger partial charge on any atom is -0.228 e. The summed E-state index contributed by atoms with van der Waals surface area (Å²) in [5, 5.41) is 11.2. The highest BCUT2D eigenvalue weighted by atomic mass is 16.3. The summed E-state index contributed by atoms with van der Waals surface area (Å²) in [7, 11) is 0. The lowest BCUT2D eigenvalue weighted by molar-refractivity contribution is 0.106. The van der Waals surface area contributed by atoms with Crippen LogP contribution < -0.4 is 0 Å². The summed E-state index contributed by atoms with van der Waals surface area (Å²) >= 11 is 0. The van der Waals surface area contributed by atoms with Gasteiger partial charge < -0.3 is 0 Å². The van der Waals surface area contributed by atoms with Gasteiger partial charge in [-0.1, -0.05) is 30.3 Å². The maximum Gasteiger partial charge on any atom is 0.115 e. The first kappa shape index (κ1) is 9.01. The van der Waals surface area contributed by atoms with Gasteiger partial charge in [0.2, 0.25) is 0 Å². The Morgan fingerprint density at radius 1 is 1.50 bits per heavy atom. The van der Waals surface area contributed by atoms with Crippen molar-refractivity contribution in [1.29, 1.82) is 0 Å². The van der Waals surface area contributed by atoms with E-state index in [1.54, 1.807) is 6.92 Å². The second kappa shape index (κ2) is 4.07. The normalized spacial score (nSPS) is 12.5. The van der Waals surface area contributed by atoms with Gasteiger partial charge in [0.15, 0.2) is 0 Å². The predicted octanol–water partition coefficient (Wildman–Crippen LogP) is 2.91. The van der Waals surface area contributed by atoms with E-state index < -0.39 is 6.10 Å². The van der Waals surface area contributed by atoms with Crippen molar-refractivity contribution < 1.29 is 5.11 Å². The first-order valence-corrected chi connectivity index (χ1v) is 4.10. The van der Waals surface area contributed by atoms with Gasteiger partial charge in [-0.05, 0) is 24.5 Å². The Balaban J connectivity index is 2.99. The third-order valence-electron chi connectivity index (χ3n) is 1.86. The fourth-order valence-corrected chi connectivity index (χ4v) is 1.27. The second-order valence-corrected chi connectivity index (χ2v) is 2.83. The van der Waals surface area contributed by atoms with Crippen LogP contribution in [0.1, 0.15) is 24.2 Å². The van der Waals surface area contributed by atoms with E-state index in [9.17, 15) is 5.11 Å². The third kappa shape index (κ3) is 1.95. The van der Waals surface area contributed by atoms with Gasteiger partial charge in [-0.15, -0.1) is 6.58 Å². The Hall–Kier alpha value is -1.08. The standard InChI is InChI=1S/C11H13O/c1-3-6-10-7-4-5-8-11(10)9(2)12/h3-5,7-9H,1,6H2,2H3. The van der Waals surface area contributed by atoms with Crippen molar-refractivity contribution in [3.8, 4) is 0 Å². The molecule has 0 saturated heterocycles. The molecule has 0 aliphatic heterocycles. The number of hydrogen-bond acceptors (Lipinski definition) is 0. The molecule has 0 N–H and O–H groups in total. The summed E-state index contributed by atoms with van der Waals surface area (Å²) in [4.78, 5) is 0. The van der Waals surface area contributed by atoms with Crippen molar-refractivity contribution in [2.75, 3.05) is 0 Å². The highest BCUT2D eigenvalue weighted by Crippen LogP contribution is 2.18. The van der Waals surface area contributed by atoms with Gasteiger partial charge in [-0.25, -0.2) is 5.11 Å². The fourth-order valence-electron chi connectivity index (χ4n) is 1.27. The Morgan fingerprint density at radius 2 is 2.17 bits per heavy atom. The molecule has 0 aliphatic rings. The van der Waals surface area contributed by atoms with Gasteiger partial charge in [0, 0.05) is 0 Å². The van der Waals surface area contributed by atoms with Crippen molar-refractivity contribution in [2.24, 2.45) is 0 Å². The first-order chi connectivity index (χ1) is 5.75. The smallest absolute Gasteiger partial charge is 0.115 e. The minimum atomic E-state index is -0.638. The molecule has 12 heavy (non-hydrogen) atoms. The third-order valence-corrected chi connectivity index (χ3v) is 1.86. The first-order valence-electron chi connectivity index (χ1n) is 4.10. The van der Waals surface area contributed by atoms with Crippen LogP contribution in [-0.2, 0) is 11.5 Å². The highest BCUT2D eigenvalue weighted by Gasteiger charge is 2.05. The van der Waals surface area contributed by atoms with E-state index in [4.69, 9.17) is 0 Å². The van der Waals surface area contributed by atoms with Crippen LogP contribution in [0.4, 0.5) is 0 Å². The average molecular weight is 161 g/mol. The Morgan fingerprint density at radius 3 is 2.75 bits per heavy atom. The lowest BCUT2D eigenvalue weighted by Crippen LogP contribution is -1.95. The van der Waals surface area contributed by atoms with Crippen molar-refractivity contribution in [3.05, 3.63) is 48.0 Å². The molecule has 1 atom stereocenters. The monoisotopic (exact) mass is 161 g/mol. The van der Waals surface area contributed by atoms with Gasteiger partial charge in [-0.2, -0.15) is 0 Å². The molecular formula is C11H13O. The number of allylic oxidation sites excluding steroid dienone is 1. The minimum absolute atomic E-state index is 0.638. The van der Waals surface area contributed by atoms with Gasteiger partial charge in [0.05, 0.1) is 0 Å². The van der Waals surface area contributed by atoms with Crippen molar-refractivity contribution in [1.82, 2.24) is 0 Å². The molecular weight excluding hydrogens is 148 g/mol. The summed E-state index contributed by atoms with van der Waals surface area (Å²) in [6.45, 7) is 5.32. The van der Waals surface area contributed by atoms with E-state index in [1.165, 1.54) is 0 Å². The van der Waals surface area contributed by atoms with Gasteiger partial charge in [-0.3, -0.25) is 0 Å².